The molecule has 1 saturated heterocycles. The molecule has 3 N–H and O–H groups in total. The molecule has 0 aliphatic carbocycles. The van der Waals surface area contributed by atoms with E-state index in [2.05, 4.69) is 28.1 Å². The molecule has 0 aromatic heterocycles. The van der Waals surface area contributed by atoms with E-state index in [4.69, 9.17) is 14.2 Å². The standard InChI is InChI=1S/C46H72N6O8/c1-12-31(4)42(51(8)40(54)29-48-45(56)41(30(2)3)50(7)26-24-33-20-22-35(47-6)23-21-33)38(58-9)28-39(53)52-25-16-19-37(52)43(59-10)32(5)44(55)49-36(46(57)60-11)27-34-17-14-13-15-18-34/h13-15,17-18,20-23,30-32,36-38,41-43,47H,12,16,19,24-29H2,1-11H3,(H,48,56)(H,49,55). The highest BCUT2D eigenvalue weighted by Crippen LogP contribution is 2.29. The van der Waals surface area contributed by atoms with Gasteiger partial charge in [0.1, 0.15) is 6.04 Å². The van der Waals surface area contributed by atoms with Crippen molar-refractivity contribution in [3.05, 3.63) is 65.7 Å². The van der Waals surface area contributed by atoms with Crippen molar-refractivity contribution in [1.82, 2.24) is 25.3 Å². The fourth-order valence-electron chi connectivity index (χ4n) is 8.50. The van der Waals surface area contributed by atoms with Gasteiger partial charge >= 0.3 is 5.97 Å². The SMILES string of the molecule is CCC(C)C(C(CC(=O)N1CCCC1C(OC)C(C)C(=O)NC(Cc1ccccc1)C(=O)OC)OC)N(C)C(=O)CNC(=O)C(C(C)C)N(C)CCc1ccc(NC)cc1. The van der Waals surface area contributed by atoms with E-state index >= 15 is 0 Å². The highest BCUT2D eigenvalue weighted by molar-refractivity contribution is 5.88. The molecule has 0 bridgehead atoms. The van der Waals surface area contributed by atoms with Gasteiger partial charge in [0, 0.05) is 53.5 Å². The zero-order chi connectivity index (χ0) is 44.5. The average molecular weight is 837 g/mol. The first-order chi connectivity index (χ1) is 28.6. The van der Waals surface area contributed by atoms with Crippen LogP contribution in [0.1, 0.15) is 71.4 Å². The summed E-state index contributed by atoms with van der Waals surface area (Å²) >= 11 is 0. The molecular weight excluding hydrogens is 765 g/mol. The number of methoxy groups -OCH3 is 3. The van der Waals surface area contributed by atoms with Crippen LogP contribution in [-0.4, -0.2) is 143 Å². The highest BCUT2D eigenvalue weighted by atomic mass is 16.5. The van der Waals surface area contributed by atoms with Crippen LogP contribution in [0.2, 0.25) is 0 Å². The maximum absolute atomic E-state index is 14.2. The third-order valence-electron chi connectivity index (χ3n) is 12.2. The van der Waals surface area contributed by atoms with E-state index in [0.29, 0.717) is 19.5 Å². The van der Waals surface area contributed by atoms with Crippen LogP contribution in [-0.2, 0) is 51.0 Å². The lowest BCUT2D eigenvalue weighted by molar-refractivity contribution is -0.148. The van der Waals surface area contributed by atoms with E-state index in [1.807, 2.05) is 89.2 Å². The van der Waals surface area contributed by atoms with E-state index in [0.717, 1.165) is 30.5 Å². The molecule has 334 valence electrons. The second-order valence-electron chi connectivity index (χ2n) is 16.5. The quantitative estimate of drug-likeness (QED) is 0.131. The van der Waals surface area contributed by atoms with Crippen molar-refractivity contribution in [2.24, 2.45) is 17.8 Å². The van der Waals surface area contributed by atoms with Gasteiger partial charge in [-0.2, -0.15) is 0 Å². The van der Waals surface area contributed by atoms with Gasteiger partial charge in [0.2, 0.25) is 23.6 Å². The molecule has 1 aliphatic rings. The molecule has 1 heterocycles. The van der Waals surface area contributed by atoms with Crippen LogP contribution >= 0.6 is 0 Å². The van der Waals surface area contributed by atoms with Crippen LogP contribution in [0.4, 0.5) is 5.69 Å². The number of hydrogen-bond acceptors (Lipinski definition) is 10. The third-order valence-corrected chi connectivity index (χ3v) is 12.2. The number of likely N-dealkylation sites (N-methyl/N-ethyl adjacent to an activating group) is 2. The molecule has 14 nitrogen and oxygen atoms in total. The van der Waals surface area contributed by atoms with Crippen LogP contribution in [0.15, 0.2) is 54.6 Å². The topological polar surface area (TPSA) is 159 Å². The summed E-state index contributed by atoms with van der Waals surface area (Å²) in [6, 6.07) is 15.4. The highest BCUT2D eigenvalue weighted by Gasteiger charge is 2.42. The molecule has 8 unspecified atom stereocenters. The molecule has 3 rings (SSSR count). The molecule has 2 aromatic rings. The largest absolute Gasteiger partial charge is 0.467 e. The van der Waals surface area contributed by atoms with Gasteiger partial charge in [-0.3, -0.25) is 24.1 Å². The van der Waals surface area contributed by atoms with Crippen molar-refractivity contribution >= 4 is 35.3 Å². The number of esters is 1. The molecule has 1 fully saturated rings. The number of nitrogens with zero attached hydrogens (tertiary/aromatic N) is 3. The zero-order valence-electron chi connectivity index (χ0n) is 37.9. The number of hydrogen-bond donors (Lipinski definition) is 3. The van der Waals surface area contributed by atoms with Gasteiger partial charge in [-0.25, -0.2) is 4.79 Å². The van der Waals surface area contributed by atoms with E-state index in [1.165, 1.54) is 19.8 Å². The number of anilines is 1. The van der Waals surface area contributed by atoms with Gasteiger partial charge < -0.3 is 40.0 Å². The maximum atomic E-state index is 14.2. The van der Waals surface area contributed by atoms with E-state index < -0.39 is 48.3 Å². The van der Waals surface area contributed by atoms with Crippen molar-refractivity contribution < 1.29 is 38.2 Å². The molecule has 0 saturated carbocycles. The minimum Gasteiger partial charge on any atom is -0.467 e. The lowest BCUT2D eigenvalue weighted by Gasteiger charge is -2.39. The molecule has 14 heteroatoms. The average Bonchev–Trinajstić information content (AvgIpc) is 3.74. The monoisotopic (exact) mass is 837 g/mol. The number of amides is 4. The van der Waals surface area contributed by atoms with Crippen LogP contribution in [0.25, 0.3) is 0 Å². The molecule has 0 spiro atoms. The summed E-state index contributed by atoms with van der Waals surface area (Å²) in [5.74, 6) is -2.33. The van der Waals surface area contributed by atoms with Crippen LogP contribution in [0.3, 0.4) is 0 Å². The number of nitrogens with one attached hydrogen (secondary N) is 3. The van der Waals surface area contributed by atoms with Crippen LogP contribution in [0.5, 0.6) is 0 Å². The Morgan fingerprint density at radius 2 is 1.55 bits per heavy atom. The van der Waals surface area contributed by atoms with Gasteiger partial charge in [0.25, 0.3) is 0 Å². The predicted octanol–water partition coefficient (Wildman–Crippen LogP) is 4.16. The van der Waals surface area contributed by atoms with Gasteiger partial charge in [-0.1, -0.05) is 83.5 Å². The summed E-state index contributed by atoms with van der Waals surface area (Å²) in [6.07, 6.45) is 1.83. The molecule has 0 radical (unpaired) electrons. The van der Waals surface area contributed by atoms with Crippen molar-refractivity contribution in [3.63, 3.8) is 0 Å². The number of rotatable bonds is 24. The van der Waals surface area contributed by atoms with Crippen molar-refractivity contribution in [3.8, 4) is 0 Å². The first kappa shape index (κ1) is 49.8. The van der Waals surface area contributed by atoms with Gasteiger partial charge in [-0.15, -0.1) is 0 Å². The molecular formula is C46H72N6O8. The first-order valence-corrected chi connectivity index (χ1v) is 21.4. The summed E-state index contributed by atoms with van der Waals surface area (Å²) in [5.41, 5.74) is 3.08. The Kier molecular flexibility index (Phi) is 20.5. The Hall–Kier alpha value is -4.53. The van der Waals surface area contributed by atoms with Crippen molar-refractivity contribution in [2.75, 3.05) is 67.4 Å². The Morgan fingerprint density at radius 3 is 2.12 bits per heavy atom. The van der Waals surface area contributed by atoms with Gasteiger partial charge in [0.05, 0.1) is 56.3 Å². The molecule has 60 heavy (non-hydrogen) atoms. The molecule has 1 aliphatic heterocycles. The summed E-state index contributed by atoms with van der Waals surface area (Å²) < 4.78 is 16.9. The summed E-state index contributed by atoms with van der Waals surface area (Å²) in [4.78, 5) is 73.4. The van der Waals surface area contributed by atoms with E-state index in [9.17, 15) is 24.0 Å². The number of likely N-dealkylation sites (tertiary alicyclic amines) is 1. The van der Waals surface area contributed by atoms with Gasteiger partial charge in [0.15, 0.2) is 0 Å². The van der Waals surface area contributed by atoms with Crippen molar-refractivity contribution in [2.45, 2.75) is 110 Å². The minimum absolute atomic E-state index is 0.00237. The van der Waals surface area contributed by atoms with Crippen molar-refractivity contribution in [1.29, 1.82) is 0 Å². The smallest absolute Gasteiger partial charge is 0.328 e. The Labute approximate surface area is 358 Å². The van der Waals surface area contributed by atoms with E-state index in [-0.39, 0.29) is 54.9 Å². The number of carbonyl (C=O) groups excluding carboxylic acids is 5. The number of ether oxygens (including phenoxy) is 3. The van der Waals surface area contributed by atoms with Crippen LogP contribution < -0.4 is 16.0 Å². The first-order valence-electron chi connectivity index (χ1n) is 21.4. The maximum Gasteiger partial charge on any atom is 0.328 e. The summed E-state index contributed by atoms with van der Waals surface area (Å²) in [5, 5.41) is 8.89. The fraction of sp³-hybridized carbons (Fsp3) is 0.630. The summed E-state index contributed by atoms with van der Waals surface area (Å²) in [7, 11) is 9.88. The predicted molar refractivity (Wildman–Crippen MR) is 234 cm³/mol. The zero-order valence-corrected chi connectivity index (χ0v) is 37.9. The lowest BCUT2D eigenvalue weighted by Crippen LogP contribution is -2.55. The van der Waals surface area contributed by atoms with Gasteiger partial charge in [-0.05, 0) is 61.4 Å². The Bertz CT molecular complexity index is 1660. The fourth-order valence-corrected chi connectivity index (χ4v) is 8.50. The van der Waals surface area contributed by atoms with Crippen LogP contribution in [0, 0.1) is 17.8 Å². The third kappa shape index (κ3) is 13.8. The van der Waals surface area contributed by atoms with E-state index in [1.54, 1.807) is 30.9 Å². The Morgan fingerprint density at radius 1 is 0.883 bits per heavy atom. The second-order valence-corrected chi connectivity index (χ2v) is 16.5. The number of carbonyl (C=O) groups is 5. The second kappa shape index (κ2) is 24.7. The minimum atomic E-state index is -0.894. The normalized spacial score (nSPS) is 17.6. The lowest BCUT2D eigenvalue weighted by atomic mass is 9.90. The number of benzene rings is 2. The summed E-state index contributed by atoms with van der Waals surface area (Å²) in [6.45, 7) is 10.7. The molecule has 4 amide bonds. The Balaban J connectivity index is 1.67. The molecule has 2 aromatic carbocycles. The molecule has 8 atom stereocenters.